The molecule has 2 atom stereocenters. The largest absolute Gasteiger partial charge is 0.332 e. The maximum atomic E-state index is 12.2. The molecule has 2 unspecified atom stereocenters. The number of nitrogens with zero attached hydrogens (tertiary/aromatic N) is 2. The van der Waals surface area contributed by atoms with E-state index in [1.165, 1.54) is 6.20 Å². The first-order chi connectivity index (χ1) is 8.08. The first-order valence-electron chi connectivity index (χ1n) is 5.67. The maximum Gasteiger partial charge on any atom is 0.274 e. The van der Waals surface area contributed by atoms with E-state index >= 15 is 0 Å². The van der Waals surface area contributed by atoms with E-state index in [0.29, 0.717) is 6.54 Å². The zero-order valence-corrected chi connectivity index (χ0v) is 9.93. The minimum Gasteiger partial charge on any atom is -0.332 e. The second kappa shape index (κ2) is 4.67. The van der Waals surface area contributed by atoms with Crippen molar-refractivity contribution >= 4 is 5.91 Å². The topological polar surface area (TPSA) is 78.1 Å². The minimum absolute atomic E-state index is 0.132. The molecule has 6 heteroatoms. The van der Waals surface area contributed by atoms with Crippen LogP contribution < -0.4 is 10.9 Å². The summed E-state index contributed by atoms with van der Waals surface area (Å²) >= 11 is 0. The van der Waals surface area contributed by atoms with Crippen LogP contribution in [0, 0.1) is 0 Å². The molecule has 1 fully saturated rings. The highest BCUT2D eigenvalue weighted by Crippen LogP contribution is 2.10. The molecular weight excluding hydrogens is 220 g/mol. The average molecular weight is 236 g/mol. The van der Waals surface area contributed by atoms with Gasteiger partial charge in [0.15, 0.2) is 0 Å². The van der Waals surface area contributed by atoms with Gasteiger partial charge in [0, 0.05) is 31.4 Å². The summed E-state index contributed by atoms with van der Waals surface area (Å²) in [5.74, 6) is -0.137. The van der Waals surface area contributed by atoms with Crippen molar-refractivity contribution in [2.45, 2.75) is 25.9 Å². The van der Waals surface area contributed by atoms with Gasteiger partial charge in [-0.25, -0.2) is 4.98 Å². The molecule has 0 saturated carbocycles. The van der Waals surface area contributed by atoms with E-state index in [1.54, 1.807) is 4.90 Å². The van der Waals surface area contributed by atoms with E-state index in [1.807, 2.05) is 13.8 Å². The molecule has 1 amide bonds. The molecule has 1 aromatic heterocycles. The Morgan fingerprint density at radius 2 is 2.29 bits per heavy atom. The van der Waals surface area contributed by atoms with Gasteiger partial charge in [0.2, 0.25) is 0 Å². The van der Waals surface area contributed by atoms with Gasteiger partial charge in [0.05, 0.1) is 6.20 Å². The average Bonchev–Trinajstić information content (AvgIpc) is 2.32. The number of piperazine rings is 1. The molecule has 1 saturated heterocycles. The second-order valence-corrected chi connectivity index (χ2v) is 4.41. The molecule has 2 rings (SSSR count). The lowest BCUT2D eigenvalue weighted by Crippen LogP contribution is -2.56. The van der Waals surface area contributed by atoms with Crippen molar-refractivity contribution in [3.8, 4) is 0 Å². The first-order valence-corrected chi connectivity index (χ1v) is 5.67. The Bertz CT molecular complexity index is 450. The van der Waals surface area contributed by atoms with Crippen molar-refractivity contribution < 1.29 is 4.79 Å². The number of hydrogen-bond acceptors (Lipinski definition) is 4. The fraction of sp³-hybridized carbons (Fsp3) is 0.545. The number of aromatic nitrogens is 2. The number of H-pyrrole nitrogens is 1. The predicted octanol–water partition coefficient (Wildman–Crippen LogP) is -0.408. The summed E-state index contributed by atoms with van der Waals surface area (Å²) in [6.45, 7) is 5.45. The van der Waals surface area contributed by atoms with Gasteiger partial charge < -0.3 is 15.2 Å². The van der Waals surface area contributed by atoms with E-state index < -0.39 is 0 Å². The summed E-state index contributed by atoms with van der Waals surface area (Å²) in [4.78, 5) is 31.2. The van der Waals surface area contributed by atoms with E-state index in [2.05, 4.69) is 15.3 Å². The summed E-state index contributed by atoms with van der Waals surface area (Å²) in [5, 5.41) is 3.31. The Kier molecular flexibility index (Phi) is 3.23. The van der Waals surface area contributed by atoms with E-state index in [4.69, 9.17) is 0 Å². The van der Waals surface area contributed by atoms with Gasteiger partial charge in [0.25, 0.3) is 11.5 Å². The van der Waals surface area contributed by atoms with Crippen LogP contribution in [0.1, 0.15) is 24.3 Å². The third-order valence-electron chi connectivity index (χ3n) is 2.92. The minimum atomic E-state index is -0.303. The summed E-state index contributed by atoms with van der Waals surface area (Å²) in [7, 11) is 0. The quantitative estimate of drug-likeness (QED) is 0.695. The molecule has 2 heterocycles. The number of carbonyl (C=O) groups excluding carboxylic acids is 1. The smallest absolute Gasteiger partial charge is 0.274 e. The molecule has 92 valence electrons. The number of nitrogens with one attached hydrogen (secondary N) is 2. The molecule has 1 aliphatic rings. The van der Waals surface area contributed by atoms with Gasteiger partial charge in [0.1, 0.15) is 5.69 Å². The van der Waals surface area contributed by atoms with Crippen molar-refractivity contribution in [2.24, 2.45) is 0 Å². The lowest BCUT2D eigenvalue weighted by atomic mass is 10.1. The van der Waals surface area contributed by atoms with Crippen LogP contribution in [0.4, 0.5) is 0 Å². The summed E-state index contributed by atoms with van der Waals surface area (Å²) < 4.78 is 0. The molecule has 0 aliphatic carbocycles. The number of carbonyl (C=O) groups is 1. The monoisotopic (exact) mass is 236 g/mol. The maximum absolute atomic E-state index is 12.2. The number of rotatable bonds is 1. The molecule has 0 aromatic carbocycles. The predicted molar refractivity (Wildman–Crippen MR) is 62.8 cm³/mol. The van der Waals surface area contributed by atoms with Gasteiger partial charge in [-0.05, 0) is 13.8 Å². The molecule has 2 N–H and O–H groups in total. The lowest BCUT2D eigenvalue weighted by molar-refractivity contribution is 0.0609. The SMILES string of the molecule is CC1CN(C(=O)c2c[nH]c(=O)cn2)C(C)CN1. The van der Waals surface area contributed by atoms with Crippen molar-refractivity contribution in [1.29, 1.82) is 0 Å². The van der Waals surface area contributed by atoms with Crippen molar-refractivity contribution in [3.63, 3.8) is 0 Å². The van der Waals surface area contributed by atoms with Crippen LogP contribution >= 0.6 is 0 Å². The first kappa shape index (κ1) is 11.8. The molecule has 6 nitrogen and oxygen atoms in total. The normalized spacial score (nSPS) is 24.7. The number of aromatic amines is 1. The Morgan fingerprint density at radius 3 is 2.94 bits per heavy atom. The van der Waals surface area contributed by atoms with Crippen LogP contribution in [0.5, 0.6) is 0 Å². The highest BCUT2D eigenvalue weighted by atomic mass is 16.2. The zero-order chi connectivity index (χ0) is 12.4. The highest BCUT2D eigenvalue weighted by Gasteiger charge is 2.27. The summed E-state index contributed by atoms with van der Waals surface area (Å²) in [6, 6.07) is 0.408. The summed E-state index contributed by atoms with van der Waals surface area (Å²) in [5.41, 5.74) is -0.0196. The lowest BCUT2D eigenvalue weighted by Gasteiger charge is -2.37. The third kappa shape index (κ3) is 2.52. The van der Waals surface area contributed by atoms with Crippen LogP contribution in [-0.4, -0.2) is 45.9 Å². The van der Waals surface area contributed by atoms with Gasteiger partial charge in [-0.15, -0.1) is 0 Å². The van der Waals surface area contributed by atoms with Crippen LogP contribution in [-0.2, 0) is 0 Å². The van der Waals surface area contributed by atoms with E-state index in [0.717, 1.165) is 12.7 Å². The van der Waals surface area contributed by atoms with Crippen LogP contribution in [0.15, 0.2) is 17.2 Å². The van der Waals surface area contributed by atoms with E-state index in [9.17, 15) is 9.59 Å². The Labute approximate surface area is 99.1 Å². The molecule has 1 aromatic rings. The Morgan fingerprint density at radius 1 is 1.53 bits per heavy atom. The zero-order valence-electron chi connectivity index (χ0n) is 9.93. The number of amides is 1. The van der Waals surface area contributed by atoms with Crippen molar-refractivity contribution in [3.05, 3.63) is 28.4 Å². The Hall–Kier alpha value is -1.69. The van der Waals surface area contributed by atoms with E-state index in [-0.39, 0.29) is 29.2 Å². The standard InChI is InChI=1S/C11H16N4O2/c1-7-6-15(8(2)3-12-7)11(17)9-4-14-10(16)5-13-9/h4-5,7-8,12H,3,6H2,1-2H3,(H,14,16). The third-order valence-corrected chi connectivity index (χ3v) is 2.92. The number of hydrogen-bond donors (Lipinski definition) is 2. The fourth-order valence-corrected chi connectivity index (χ4v) is 1.91. The molecule has 17 heavy (non-hydrogen) atoms. The van der Waals surface area contributed by atoms with Crippen LogP contribution in [0.3, 0.4) is 0 Å². The second-order valence-electron chi connectivity index (χ2n) is 4.41. The van der Waals surface area contributed by atoms with Gasteiger partial charge in [-0.3, -0.25) is 9.59 Å². The van der Waals surface area contributed by atoms with Gasteiger partial charge in [-0.2, -0.15) is 0 Å². The molecule has 0 spiro atoms. The van der Waals surface area contributed by atoms with Gasteiger partial charge in [-0.1, -0.05) is 0 Å². The van der Waals surface area contributed by atoms with Crippen molar-refractivity contribution in [1.82, 2.24) is 20.2 Å². The van der Waals surface area contributed by atoms with Crippen molar-refractivity contribution in [2.75, 3.05) is 13.1 Å². The molecule has 0 radical (unpaired) electrons. The Balaban J connectivity index is 2.18. The van der Waals surface area contributed by atoms with Crippen LogP contribution in [0.2, 0.25) is 0 Å². The van der Waals surface area contributed by atoms with Gasteiger partial charge >= 0.3 is 0 Å². The van der Waals surface area contributed by atoms with Crippen LogP contribution in [0.25, 0.3) is 0 Å². The highest BCUT2D eigenvalue weighted by molar-refractivity contribution is 5.92. The summed E-state index contributed by atoms with van der Waals surface area (Å²) in [6.07, 6.45) is 2.49. The molecule has 1 aliphatic heterocycles. The fourth-order valence-electron chi connectivity index (χ4n) is 1.91. The molecular formula is C11H16N4O2. The molecule has 0 bridgehead atoms.